The van der Waals surface area contributed by atoms with Crippen LogP contribution in [0.15, 0.2) is 23.2 Å². The van der Waals surface area contributed by atoms with Gasteiger partial charge >= 0.3 is 0 Å². The molecule has 3 N–H and O–H groups in total. The van der Waals surface area contributed by atoms with Gasteiger partial charge in [0.15, 0.2) is 0 Å². The van der Waals surface area contributed by atoms with Crippen molar-refractivity contribution in [3.63, 3.8) is 0 Å². The molecule has 0 spiro atoms. The van der Waals surface area contributed by atoms with Crippen molar-refractivity contribution in [1.82, 2.24) is 9.71 Å². The van der Waals surface area contributed by atoms with Gasteiger partial charge < -0.3 is 10.5 Å². The molecule has 1 aliphatic rings. The first-order chi connectivity index (χ1) is 8.35. The van der Waals surface area contributed by atoms with E-state index >= 15 is 0 Å². The number of hydrogen-bond acceptors (Lipinski definition) is 5. The van der Waals surface area contributed by atoms with E-state index < -0.39 is 15.6 Å². The molecule has 1 fully saturated rings. The average Bonchev–Trinajstić information content (AvgIpc) is 2.58. The number of aromatic nitrogens is 1. The van der Waals surface area contributed by atoms with Gasteiger partial charge in [-0.25, -0.2) is 18.1 Å². The quantitative estimate of drug-likeness (QED) is 0.835. The number of nitrogen functional groups attached to an aromatic ring is 1. The van der Waals surface area contributed by atoms with Crippen molar-refractivity contribution < 1.29 is 13.2 Å². The summed E-state index contributed by atoms with van der Waals surface area (Å²) in [6.07, 6.45) is 1.91. The molecule has 2 atom stereocenters. The monoisotopic (exact) mass is 271 g/mol. The molecule has 0 bridgehead atoms. The SMILES string of the molecule is CC1OCCC1(C)NS(=O)(=O)c1cccnc1N. The maximum atomic E-state index is 12.3. The van der Waals surface area contributed by atoms with E-state index in [-0.39, 0.29) is 16.8 Å². The Morgan fingerprint density at radius 3 is 2.89 bits per heavy atom. The first-order valence-corrected chi connectivity index (χ1v) is 7.19. The van der Waals surface area contributed by atoms with Crippen molar-refractivity contribution in [2.24, 2.45) is 0 Å². The van der Waals surface area contributed by atoms with Gasteiger partial charge in [-0.2, -0.15) is 0 Å². The molecule has 2 heterocycles. The van der Waals surface area contributed by atoms with Crippen LogP contribution >= 0.6 is 0 Å². The molecule has 0 radical (unpaired) electrons. The van der Waals surface area contributed by atoms with Gasteiger partial charge in [-0.3, -0.25) is 0 Å². The summed E-state index contributed by atoms with van der Waals surface area (Å²) in [5, 5.41) is 0. The van der Waals surface area contributed by atoms with Gasteiger partial charge in [0, 0.05) is 12.8 Å². The fourth-order valence-electron chi connectivity index (χ4n) is 1.96. The summed E-state index contributed by atoms with van der Waals surface area (Å²) in [5.41, 5.74) is 4.99. The third-order valence-electron chi connectivity index (χ3n) is 3.34. The van der Waals surface area contributed by atoms with Gasteiger partial charge in [-0.1, -0.05) is 0 Å². The predicted molar refractivity (Wildman–Crippen MR) is 67.4 cm³/mol. The largest absolute Gasteiger partial charge is 0.383 e. The summed E-state index contributed by atoms with van der Waals surface area (Å²) < 4.78 is 32.6. The second kappa shape index (κ2) is 4.49. The van der Waals surface area contributed by atoms with E-state index in [1.807, 2.05) is 13.8 Å². The van der Waals surface area contributed by atoms with Crippen LogP contribution in [0.5, 0.6) is 0 Å². The second-order valence-corrected chi connectivity index (χ2v) is 6.32. The Balaban J connectivity index is 2.31. The Morgan fingerprint density at radius 1 is 1.61 bits per heavy atom. The number of nitrogens with two attached hydrogens (primary N) is 1. The zero-order valence-electron chi connectivity index (χ0n) is 10.4. The Labute approximate surface area is 107 Å². The molecule has 1 aliphatic heterocycles. The molecule has 100 valence electrons. The maximum Gasteiger partial charge on any atom is 0.244 e. The van der Waals surface area contributed by atoms with Crippen LogP contribution in [0.4, 0.5) is 5.82 Å². The van der Waals surface area contributed by atoms with Crippen molar-refractivity contribution in [3.05, 3.63) is 18.3 Å². The number of sulfonamides is 1. The molecule has 6 nitrogen and oxygen atoms in total. The molecule has 0 amide bonds. The van der Waals surface area contributed by atoms with Crippen molar-refractivity contribution in [2.75, 3.05) is 12.3 Å². The molecule has 0 aromatic carbocycles. The lowest BCUT2D eigenvalue weighted by molar-refractivity contribution is 0.0957. The Morgan fingerprint density at radius 2 is 2.33 bits per heavy atom. The van der Waals surface area contributed by atoms with Gasteiger partial charge in [0.1, 0.15) is 10.7 Å². The summed E-state index contributed by atoms with van der Waals surface area (Å²) in [6, 6.07) is 2.98. The number of hydrogen-bond donors (Lipinski definition) is 2. The zero-order chi connectivity index (χ0) is 13.4. The summed E-state index contributed by atoms with van der Waals surface area (Å²) >= 11 is 0. The Hall–Kier alpha value is -1.18. The number of ether oxygens (including phenoxy) is 1. The van der Waals surface area contributed by atoms with E-state index in [1.54, 1.807) is 6.07 Å². The third-order valence-corrected chi connectivity index (χ3v) is 5.00. The maximum absolute atomic E-state index is 12.3. The molecule has 1 saturated heterocycles. The van der Waals surface area contributed by atoms with Crippen LogP contribution in [0.25, 0.3) is 0 Å². The Bertz CT molecular complexity index is 546. The van der Waals surface area contributed by atoms with Crippen molar-refractivity contribution >= 4 is 15.8 Å². The lowest BCUT2D eigenvalue weighted by Crippen LogP contribution is -2.50. The molecule has 1 aromatic heterocycles. The van der Waals surface area contributed by atoms with E-state index in [4.69, 9.17) is 10.5 Å². The lowest BCUT2D eigenvalue weighted by atomic mass is 9.97. The number of anilines is 1. The van der Waals surface area contributed by atoms with Gasteiger partial charge in [0.25, 0.3) is 0 Å². The summed E-state index contributed by atoms with van der Waals surface area (Å²) in [6.45, 7) is 4.22. The number of nitrogens with one attached hydrogen (secondary N) is 1. The molecule has 0 aliphatic carbocycles. The smallest absolute Gasteiger partial charge is 0.244 e. The fraction of sp³-hybridized carbons (Fsp3) is 0.545. The molecule has 0 saturated carbocycles. The van der Waals surface area contributed by atoms with Gasteiger partial charge in [-0.15, -0.1) is 0 Å². The van der Waals surface area contributed by atoms with Gasteiger partial charge in [-0.05, 0) is 32.4 Å². The standard InChI is InChI=1S/C11H17N3O3S/c1-8-11(2,5-7-17-8)14-18(15,16)9-4-3-6-13-10(9)12/h3-4,6,8,14H,5,7H2,1-2H3,(H2,12,13). The van der Waals surface area contributed by atoms with E-state index in [0.717, 1.165) is 0 Å². The predicted octanol–water partition coefficient (Wildman–Crippen LogP) is 0.510. The topological polar surface area (TPSA) is 94.3 Å². The molecule has 2 unspecified atom stereocenters. The summed E-state index contributed by atoms with van der Waals surface area (Å²) in [4.78, 5) is 3.79. The van der Waals surface area contributed by atoms with Crippen LogP contribution in [-0.4, -0.2) is 31.7 Å². The van der Waals surface area contributed by atoms with E-state index in [9.17, 15) is 8.42 Å². The zero-order valence-corrected chi connectivity index (χ0v) is 11.2. The van der Waals surface area contributed by atoms with E-state index in [0.29, 0.717) is 13.0 Å². The minimum atomic E-state index is -3.68. The van der Waals surface area contributed by atoms with Gasteiger partial charge in [0.2, 0.25) is 10.0 Å². The van der Waals surface area contributed by atoms with Crippen LogP contribution in [0.3, 0.4) is 0 Å². The van der Waals surface area contributed by atoms with Crippen LogP contribution in [0.1, 0.15) is 20.3 Å². The number of rotatable bonds is 3. The van der Waals surface area contributed by atoms with Crippen LogP contribution < -0.4 is 10.5 Å². The van der Waals surface area contributed by atoms with Crippen LogP contribution in [0.2, 0.25) is 0 Å². The molecule has 18 heavy (non-hydrogen) atoms. The fourth-order valence-corrected chi connectivity index (χ4v) is 3.54. The third kappa shape index (κ3) is 2.33. The first-order valence-electron chi connectivity index (χ1n) is 5.71. The highest BCUT2D eigenvalue weighted by Crippen LogP contribution is 2.28. The highest BCUT2D eigenvalue weighted by atomic mass is 32.2. The lowest BCUT2D eigenvalue weighted by Gasteiger charge is -2.28. The Kier molecular flexibility index (Phi) is 3.31. The minimum Gasteiger partial charge on any atom is -0.383 e. The summed E-state index contributed by atoms with van der Waals surface area (Å²) in [5.74, 6) is 0.000156. The molecule has 7 heteroatoms. The molecule has 2 rings (SSSR count). The summed E-state index contributed by atoms with van der Waals surface area (Å²) in [7, 11) is -3.68. The number of pyridine rings is 1. The van der Waals surface area contributed by atoms with Crippen molar-refractivity contribution in [2.45, 2.75) is 36.8 Å². The minimum absolute atomic E-state index is 0.000156. The van der Waals surface area contributed by atoms with Crippen LogP contribution in [0, 0.1) is 0 Å². The average molecular weight is 271 g/mol. The first kappa shape index (κ1) is 13.3. The highest BCUT2D eigenvalue weighted by Gasteiger charge is 2.41. The van der Waals surface area contributed by atoms with E-state index in [1.165, 1.54) is 12.3 Å². The van der Waals surface area contributed by atoms with Gasteiger partial charge in [0.05, 0.1) is 11.6 Å². The normalized spacial score (nSPS) is 28.4. The van der Waals surface area contributed by atoms with E-state index in [2.05, 4.69) is 9.71 Å². The highest BCUT2D eigenvalue weighted by molar-refractivity contribution is 7.89. The van der Waals surface area contributed by atoms with Crippen molar-refractivity contribution in [3.8, 4) is 0 Å². The molecular weight excluding hydrogens is 254 g/mol. The van der Waals surface area contributed by atoms with Crippen molar-refractivity contribution in [1.29, 1.82) is 0 Å². The molecular formula is C11H17N3O3S. The van der Waals surface area contributed by atoms with Crippen LogP contribution in [-0.2, 0) is 14.8 Å². The number of nitrogens with zero attached hydrogens (tertiary/aromatic N) is 1. The second-order valence-electron chi connectivity index (χ2n) is 4.67. The molecule has 1 aromatic rings.